The van der Waals surface area contributed by atoms with Crippen molar-refractivity contribution in [2.24, 2.45) is 0 Å². The Hall–Kier alpha value is -3.09. The number of unbranched alkanes of at least 4 members (excludes halogenated alkanes) is 2. The average molecular weight is 358 g/mol. The van der Waals surface area contributed by atoms with Gasteiger partial charge in [0.2, 0.25) is 0 Å². The van der Waals surface area contributed by atoms with Crippen molar-refractivity contribution in [2.45, 2.75) is 26.2 Å². The molecule has 2 rings (SSSR count). The number of nitrogens with one attached hydrogen (secondary N) is 2. The Labute approximate surface area is 151 Å². The fraction of sp³-hybridized carbons (Fsp3) is 0.316. The van der Waals surface area contributed by atoms with Crippen molar-refractivity contribution in [1.82, 2.24) is 5.32 Å². The number of para-hydroxylation sites is 1. The molecule has 0 saturated carbocycles. The van der Waals surface area contributed by atoms with Crippen LogP contribution >= 0.6 is 0 Å². The molecule has 1 heterocycles. The van der Waals surface area contributed by atoms with E-state index in [2.05, 4.69) is 17.6 Å². The summed E-state index contributed by atoms with van der Waals surface area (Å²) in [5.74, 6) is -1.40. The van der Waals surface area contributed by atoms with E-state index in [9.17, 15) is 14.4 Å². The summed E-state index contributed by atoms with van der Waals surface area (Å²) in [6.45, 7) is 2.26. The number of carbonyl (C=O) groups is 3. The first-order valence-electron chi connectivity index (χ1n) is 8.49. The summed E-state index contributed by atoms with van der Waals surface area (Å²) in [6, 6.07) is 9.51. The van der Waals surface area contributed by atoms with E-state index in [1.165, 1.54) is 18.4 Å². The van der Waals surface area contributed by atoms with Crippen molar-refractivity contribution in [3.8, 4) is 0 Å². The standard InChI is InChI=1S/C19H22N2O5/c1-2-3-6-11-20-17(22)13-26-19(24)14-8-4-5-9-15(14)21-18(23)16-10-7-12-25-16/h4-5,7-10,12H,2-3,6,11,13H2,1H3,(H,20,22)(H,21,23). The zero-order chi connectivity index (χ0) is 18.8. The van der Waals surface area contributed by atoms with Gasteiger partial charge in [0.25, 0.3) is 11.8 Å². The molecule has 0 saturated heterocycles. The van der Waals surface area contributed by atoms with Crippen LogP contribution in [0.2, 0.25) is 0 Å². The molecule has 1 aromatic carbocycles. The van der Waals surface area contributed by atoms with Gasteiger partial charge in [-0.05, 0) is 30.7 Å². The fourth-order valence-electron chi connectivity index (χ4n) is 2.22. The Bertz CT molecular complexity index is 740. The molecule has 0 aliphatic rings. The van der Waals surface area contributed by atoms with E-state index in [4.69, 9.17) is 9.15 Å². The summed E-state index contributed by atoms with van der Waals surface area (Å²) in [7, 11) is 0. The molecule has 0 unspecified atom stereocenters. The van der Waals surface area contributed by atoms with Gasteiger partial charge in [0.15, 0.2) is 12.4 Å². The lowest BCUT2D eigenvalue weighted by Crippen LogP contribution is -2.29. The third kappa shape index (κ3) is 5.77. The lowest BCUT2D eigenvalue weighted by molar-refractivity contribution is -0.124. The molecule has 7 heteroatoms. The predicted octanol–water partition coefficient (Wildman–Crippen LogP) is 3.00. The summed E-state index contributed by atoms with van der Waals surface area (Å²) in [5, 5.41) is 5.29. The SMILES string of the molecule is CCCCCNC(=O)COC(=O)c1ccccc1NC(=O)c1ccco1. The number of esters is 1. The maximum absolute atomic E-state index is 12.2. The van der Waals surface area contributed by atoms with Crippen LogP contribution < -0.4 is 10.6 Å². The molecule has 7 nitrogen and oxygen atoms in total. The van der Waals surface area contributed by atoms with E-state index in [-0.39, 0.29) is 29.5 Å². The number of benzene rings is 1. The monoisotopic (exact) mass is 358 g/mol. The molecule has 0 radical (unpaired) electrons. The van der Waals surface area contributed by atoms with E-state index in [0.717, 1.165) is 19.3 Å². The van der Waals surface area contributed by atoms with Gasteiger partial charge < -0.3 is 19.8 Å². The molecule has 0 atom stereocenters. The number of carbonyl (C=O) groups excluding carboxylic acids is 3. The Morgan fingerprint density at radius 3 is 2.62 bits per heavy atom. The molecule has 2 amide bonds. The third-order valence-electron chi connectivity index (χ3n) is 3.58. The Balaban J connectivity index is 1.90. The molecule has 26 heavy (non-hydrogen) atoms. The van der Waals surface area contributed by atoms with Crippen molar-refractivity contribution >= 4 is 23.5 Å². The van der Waals surface area contributed by atoms with Crippen molar-refractivity contribution in [2.75, 3.05) is 18.5 Å². The molecule has 0 aliphatic carbocycles. The van der Waals surface area contributed by atoms with E-state index in [0.29, 0.717) is 6.54 Å². The summed E-state index contributed by atoms with van der Waals surface area (Å²) in [5.41, 5.74) is 0.438. The number of rotatable bonds is 9. The van der Waals surface area contributed by atoms with Gasteiger partial charge >= 0.3 is 5.97 Å². The first-order valence-corrected chi connectivity index (χ1v) is 8.49. The lowest BCUT2D eigenvalue weighted by Gasteiger charge is -2.10. The van der Waals surface area contributed by atoms with Crippen LogP contribution in [0.25, 0.3) is 0 Å². The van der Waals surface area contributed by atoms with Crippen molar-refractivity contribution in [3.05, 3.63) is 54.0 Å². The number of ether oxygens (including phenoxy) is 1. The van der Waals surface area contributed by atoms with Gasteiger partial charge in [0, 0.05) is 6.54 Å². The van der Waals surface area contributed by atoms with Crippen molar-refractivity contribution in [3.63, 3.8) is 0 Å². The predicted molar refractivity (Wildman–Crippen MR) is 95.9 cm³/mol. The highest BCUT2D eigenvalue weighted by atomic mass is 16.5. The van der Waals surface area contributed by atoms with Gasteiger partial charge in [-0.3, -0.25) is 9.59 Å². The van der Waals surface area contributed by atoms with E-state index in [1.54, 1.807) is 24.3 Å². The van der Waals surface area contributed by atoms with E-state index >= 15 is 0 Å². The van der Waals surface area contributed by atoms with Gasteiger partial charge in [-0.25, -0.2) is 4.79 Å². The minimum absolute atomic E-state index is 0.125. The van der Waals surface area contributed by atoms with Crippen LogP contribution in [0.5, 0.6) is 0 Å². The fourth-order valence-corrected chi connectivity index (χ4v) is 2.22. The van der Waals surface area contributed by atoms with Crippen LogP contribution in [0.4, 0.5) is 5.69 Å². The topological polar surface area (TPSA) is 97.6 Å². The largest absolute Gasteiger partial charge is 0.459 e. The Morgan fingerprint density at radius 2 is 1.88 bits per heavy atom. The van der Waals surface area contributed by atoms with Gasteiger partial charge in [-0.2, -0.15) is 0 Å². The quantitative estimate of drug-likeness (QED) is 0.530. The normalized spacial score (nSPS) is 10.2. The van der Waals surface area contributed by atoms with Crippen molar-refractivity contribution < 1.29 is 23.5 Å². The van der Waals surface area contributed by atoms with Crippen molar-refractivity contribution in [1.29, 1.82) is 0 Å². The van der Waals surface area contributed by atoms with Crippen LogP contribution in [0.1, 0.15) is 47.1 Å². The molecular formula is C19H22N2O5. The summed E-state index contributed by atoms with van der Waals surface area (Å²) in [4.78, 5) is 36.0. The summed E-state index contributed by atoms with van der Waals surface area (Å²) >= 11 is 0. The molecule has 0 aliphatic heterocycles. The van der Waals surface area contributed by atoms with Gasteiger partial charge in [-0.15, -0.1) is 0 Å². The van der Waals surface area contributed by atoms with E-state index in [1.807, 2.05) is 0 Å². The second-order valence-electron chi connectivity index (χ2n) is 5.61. The summed E-state index contributed by atoms with van der Waals surface area (Å²) < 4.78 is 10.1. The molecule has 2 aromatic rings. The van der Waals surface area contributed by atoms with Crippen LogP contribution in [0, 0.1) is 0 Å². The highest BCUT2D eigenvalue weighted by Gasteiger charge is 2.17. The minimum Gasteiger partial charge on any atom is -0.459 e. The number of furan rings is 1. The Kier molecular flexibility index (Phi) is 7.42. The number of hydrogen-bond acceptors (Lipinski definition) is 5. The van der Waals surface area contributed by atoms with Crippen LogP contribution in [0.3, 0.4) is 0 Å². The van der Waals surface area contributed by atoms with Gasteiger partial charge in [0.1, 0.15) is 0 Å². The second-order valence-corrected chi connectivity index (χ2v) is 5.61. The second kappa shape index (κ2) is 10.0. The minimum atomic E-state index is -0.691. The lowest BCUT2D eigenvalue weighted by atomic mass is 10.1. The zero-order valence-electron chi connectivity index (χ0n) is 14.6. The highest BCUT2D eigenvalue weighted by molar-refractivity contribution is 6.06. The third-order valence-corrected chi connectivity index (χ3v) is 3.58. The smallest absolute Gasteiger partial charge is 0.340 e. The van der Waals surface area contributed by atoms with Crippen LogP contribution in [-0.2, 0) is 9.53 Å². The first kappa shape index (κ1) is 19.2. The molecular weight excluding hydrogens is 336 g/mol. The summed E-state index contributed by atoms with van der Waals surface area (Å²) in [6.07, 6.45) is 4.36. The highest BCUT2D eigenvalue weighted by Crippen LogP contribution is 2.17. The zero-order valence-corrected chi connectivity index (χ0v) is 14.6. The average Bonchev–Trinajstić information content (AvgIpc) is 3.18. The number of hydrogen-bond donors (Lipinski definition) is 2. The molecule has 0 bridgehead atoms. The number of amides is 2. The van der Waals surface area contributed by atoms with Gasteiger partial charge in [-0.1, -0.05) is 31.9 Å². The number of anilines is 1. The molecule has 0 spiro atoms. The molecule has 2 N–H and O–H groups in total. The molecule has 0 fully saturated rings. The molecule has 138 valence electrons. The van der Waals surface area contributed by atoms with Crippen LogP contribution in [0.15, 0.2) is 47.1 Å². The molecule has 1 aromatic heterocycles. The first-order chi connectivity index (χ1) is 12.6. The van der Waals surface area contributed by atoms with Gasteiger partial charge in [0.05, 0.1) is 17.5 Å². The maximum atomic E-state index is 12.2. The maximum Gasteiger partial charge on any atom is 0.340 e. The van der Waals surface area contributed by atoms with E-state index < -0.39 is 11.9 Å². The van der Waals surface area contributed by atoms with Crippen LogP contribution in [-0.4, -0.2) is 30.9 Å². The Morgan fingerprint density at radius 1 is 1.08 bits per heavy atom.